The molecule has 0 bridgehead atoms. The molecular formula is C15H17ClN2O. The Morgan fingerprint density at radius 2 is 2.05 bits per heavy atom. The van der Waals surface area contributed by atoms with E-state index in [0.717, 1.165) is 18.4 Å². The van der Waals surface area contributed by atoms with Gasteiger partial charge in [0, 0.05) is 5.02 Å². The van der Waals surface area contributed by atoms with Crippen LogP contribution in [0, 0.1) is 16.7 Å². The number of benzene rings is 1. The Morgan fingerprint density at radius 3 is 2.63 bits per heavy atom. The zero-order valence-electron chi connectivity index (χ0n) is 10.9. The molecule has 1 amide bonds. The summed E-state index contributed by atoms with van der Waals surface area (Å²) in [7, 11) is 0. The highest BCUT2D eigenvalue weighted by Crippen LogP contribution is 2.38. The third-order valence-electron chi connectivity index (χ3n) is 3.83. The maximum atomic E-state index is 12.3. The Balaban J connectivity index is 2.11. The molecule has 0 aromatic heterocycles. The number of nitrogens with one attached hydrogen (secondary N) is 1. The van der Waals surface area contributed by atoms with Gasteiger partial charge in [-0.05, 0) is 31.4 Å². The van der Waals surface area contributed by atoms with Gasteiger partial charge in [0.2, 0.25) is 5.91 Å². The minimum atomic E-state index is -0.838. The molecule has 1 saturated carbocycles. The number of hydrogen-bond acceptors (Lipinski definition) is 2. The average molecular weight is 277 g/mol. The van der Waals surface area contributed by atoms with E-state index in [0.29, 0.717) is 17.9 Å². The van der Waals surface area contributed by atoms with Crippen molar-refractivity contribution in [1.82, 2.24) is 5.32 Å². The topological polar surface area (TPSA) is 52.9 Å². The number of hydrogen-bond donors (Lipinski definition) is 1. The van der Waals surface area contributed by atoms with Crippen LogP contribution >= 0.6 is 11.6 Å². The minimum Gasteiger partial charge on any atom is -0.348 e. The first-order chi connectivity index (χ1) is 9.09. The summed E-state index contributed by atoms with van der Waals surface area (Å²) in [6, 6.07) is 9.45. The Kier molecular flexibility index (Phi) is 4.11. The van der Waals surface area contributed by atoms with Crippen LogP contribution in [0.3, 0.4) is 0 Å². The molecule has 1 aromatic rings. The maximum absolute atomic E-state index is 12.3. The second-order valence-electron chi connectivity index (χ2n) is 5.12. The number of rotatable bonds is 3. The van der Waals surface area contributed by atoms with Gasteiger partial charge in [0.25, 0.3) is 0 Å². The van der Waals surface area contributed by atoms with Gasteiger partial charge >= 0.3 is 0 Å². The van der Waals surface area contributed by atoms with E-state index in [2.05, 4.69) is 11.4 Å². The van der Waals surface area contributed by atoms with E-state index in [1.807, 2.05) is 25.1 Å². The van der Waals surface area contributed by atoms with E-state index < -0.39 is 5.41 Å². The predicted molar refractivity (Wildman–Crippen MR) is 74.5 cm³/mol. The molecule has 1 aromatic carbocycles. The summed E-state index contributed by atoms with van der Waals surface area (Å²) in [5.41, 5.74) is 0.0406. The Hall–Kier alpha value is -1.53. The summed E-state index contributed by atoms with van der Waals surface area (Å²) in [4.78, 5) is 12.3. The van der Waals surface area contributed by atoms with Gasteiger partial charge in [0.1, 0.15) is 5.41 Å². The van der Waals surface area contributed by atoms with Gasteiger partial charge in [-0.1, -0.05) is 42.6 Å². The lowest BCUT2D eigenvalue weighted by Gasteiger charge is -2.23. The first kappa shape index (κ1) is 13.9. The summed E-state index contributed by atoms with van der Waals surface area (Å²) in [6.45, 7) is 1.89. The lowest BCUT2D eigenvalue weighted by Crippen LogP contribution is -2.39. The maximum Gasteiger partial charge on any atom is 0.240 e. The smallest absolute Gasteiger partial charge is 0.240 e. The van der Waals surface area contributed by atoms with Crippen molar-refractivity contribution in [1.29, 1.82) is 5.26 Å². The quantitative estimate of drug-likeness (QED) is 0.917. The van der Waals surface area contributed by atoms with Crippen LogP contribution in [0.25, 0.3) is 0 Å². The van der Waals surface area contributed by atoms with Crippen LogP contribution in [-0.2, 0) is 4.79 Å². The molecule has 1 aliphatic rings. The van der Waals surface area contributed by atoms with Crippen molar-refractivity contribution in [3.63, 3.8) is 0 Å². The third kappa shape index (κ3) is 2.74. The highest BCUT2D eigenvalue weighted by Gasteiger charge is 2.41. The van der Waals surface area contributed by atoms with Crippen molar-refractivity contribution < 1.29 is 4.79 Å². The lowest BCUT2D eigenvalue weighted by atomic mass is 9.86. The summed E-state index contributed by atoms with van der Waals surface area (Å²) in [5, 5.41) is 12.8. The van der Waals surface area contributed by atoms with Crippen molar-refractivity contribution in [2.45, 2.75) is 38.6 Å². The molecule has 1 fully saturated rings. The number of carbonyl (C=O) groups is 1. The van der Waals surface area contributed by atoms with Gasteiger partial charge in [-0.2, -0.15) is 5.26 Å². The molecular weight excluding hydrogens is 260 g/mol. The fourth-order valence-corrected chi connectivity index (χ4v) is 2.91. The molecule has 0 aliphatic heterocycles. The fourth-order valence-electron chi connectivity index (χ4n) is 2.61. The monoisotopic (exact) mass is 276 g/mol. The lowest BCUT2D eigenvalue weighted by molar-refractivity contribution is -0.128. The molecule has 4 heteroatoms. The number of carbonyl (C=O) groups excluding carboxylic acids is 1. The SMILES string of the molecule is CC(NC(=O)C1(C#N)CCCC1)c1ccccc1Cl. The molecule has 1 unspecified atom stereocenters. The average Bonchev–Trinajstić information content (AvgIpc) is 2.89. The van der Waals surface area contributed by atoms with Gasteiger partial charge in [-0.15, -0.1) is 0 Å². The van der Waals surface area contributed by atoms with Gasteiger partial charge in [0.05, 0.1) is 12.1 Å². The molecule has 0 saturated heterocycles. The summed E-state index contributed by atoms with van der Waals surface area (Å²) < 4.78 is 0. The molecule has 1 aliphatic carbocycles. The number of nitriles is 1. The normalized spacial score (nSPS) is 18.6. The number of halogens is 1. The van der Waals surface area contributed by atoms with E-state index in [-0.39, 0.29) is 11.9 Å². The van der Waals surface area contributed by atoms with Gasteiger partial charge < -0.3 is 5.32 Å². The van der Waals surface area contributed by atoms with E-state index >= 15 is 0 Å². The van der Waals surface area contributed by atoms with Crippen LogP contribution < -0.4 is 5.32 Å². The van der Waals surface area contributed by atoms with E-state index in [4.69, 9.17) is 11.6 Å². The molecule has 19 heavy (non-hydrogen) atoms. The zero-order chi connectivity index (χ0) is 13.9. The zero-order valence-corrected chi connectivity index (χ0v) is 11.7. The van der Waals surface area contributed by atoms with Crippen LogP contribution in [0.15, 0.2) is 24.3 Å². The van der Waals surface area contributed by atoms with Crippen LogP contribution in [0.4, 0.5) is 0 Å². The Labute approximate surface area is 118 Å². The minimum absolute atomic E-state index is 0.167. The molecule has 1 atom stereocenters. The van der Waals surface area contributed by atoms with Crippen molar-refractivity contribution in [3.05, 3.63) is 34.9 Å². The highest BCUT2D eigenvalue weighted by atomic mass is 35.5. The highest BCUT2D eigenvalue weighted by molar-refractivity contribution is 6.31. The van der Waals surface area contributed by atoms with Crippen LogP contribution in [0.5, 0.6) is 0 Å². The Bertz CT molecular complexity index is 515. The summed E-state index contributed by atoms with van der Waals surface area (Å²) >= 11 is 6.11. The van der Waals surface area contributed by atoms with Crippen molar-refractivity contribution in [2.75, 3.05) is 0 Å². The van der Waals surface area contributed by atoms with Crippen LogP contribution in [0.2, 0.25) is 5.02 Å². The third-order valence-corrected chi connectivity index (χ3v) is 4.17. The second kappa shape index (κ2) is 5.63. The predicted octanol–water partition coefficient (Wildman–Crippen LogP) is 3.60. The first-order valence-corrected chi connectivity index (χ1v) is 6.93. The second-order valence-corrected chi connectivity index (χ2v) is 5.52. The molecule has 0 spiro atoms. The van der Waals surface area contributed by atoms with Gasteiger partial charge in [0.15, 0.2) is 0 Å². The van der Waals surface area contributed by atoms with E-state index in [1.165, 1.54) is 0 Å². The number of nitrogens with zero attached hydrogens (tertiary/aromatic N) is 1. The molecule has 100 valence electrons. The van der Waals surface area contributed by atoms with Gasteiger partial charge in [-0.25, -0.2) is 0 Å². The van der Waals surface area contributed by atoms with Crippen molar-refractivity contribution in [3.8, 4) is 6.07 Å². The van der Waals surface area contributed by atoms with Crippen LogP contribution in [0.1, 0.15) is 44.2 Å². The van der Waals surface area contributed by atoms with Crippen LogP contribution in [-0.4, -0.2) is 5.91 Å². The Morgan fingerprint density at radius 1 is 1.42 bits per heavy atom. The largest absolute Gasteiger partial charge is 0.348 e. The van der Waals surface area contributed by atoms with Crippen molar-refractivity contribution in [2.24, 2.45) is 5.41 Å². The standard InChI is InChI=1S/C15H17ClN2O/c1-11(12-6-2-3-7-13(12)16)18-14(19)15(10-17)8-4-5-9-15/h2-3,6-7,11H,4-5,8-9H2,1H3,(H,18,19). The van der Waals surface area contributed by atoms with E-state index in [1.54, 1.807) is 6.07 Å². The summed E-state index contributed by atoms with van der Waals surface area (Å²) in [6.07, 6.45) is 3.21. The molecule has 3 nitrogen and oxygen atoms in total. The van der Waals surface area contributed by atoms with E-state index in [9.17, 15) is 10.1 Å². The summed E-state index contributed by atoms with van der Waals surface area (Å²) in [5.74, 6) is -0.167. The molecule has 0 radical (unpaired) electrons. The first-order valence-electron chi connectivity index (χ1n) is 6.56. The van der Waals surface area contributed by atoms with Gasteiger partial charge in [-0.3, -0.25) is 4.79 Å². The number of amides is 1. The van der Waals surface area contributed by atoms with Crippen molar-refractivity contribution >= 4 is 17.5 Å². The fraction of sp³-hybridized carbons (Fsp3) is 0.467. The molecule has 2 rings (SSSR count). The molecule has 1 N–H and O–H groups in total. The molecule has 0 heterocycles.